The fourth-order valence-electron chi connectivity index (χ4n) is 3.87. The number of nitriles is 1. The highest BCUT2D eigenvalue weighted by molar-refractivity contribution is 6.11. The molecule has 4 rings (SSSR count). The maximum Gasteiger partial charge on any atom is 0.160 e. The van der Waals surface area contributed by atoms with E-state index in [0.717, 1.165) is 22.1 Å². The third kappa shape index (κ3) is 3.19. The minimum Gasteiger partial charge on any atom is -0.454 e. The van der Waals surface area contributed by atoms with Crippen LogP contribution in [0, 0.1) is 11.3 Å². The Morgan fingerprint density at radius 3 is 2.17 bits per heavy atom. The number of nitrogens with one attached hydrogen (secondary N) is 1. The number of nitrogen functional groups attached to an aromatic ring is 1. The number of hydrogen-bond donors (Lipinski definition) is 2. The largest absolute Gasteiger partial charge is 0.454 e. The third-order valence-electron chi connectivity index (χ3n) is 5.43. The number of fused-ring (bicyclic) bond motifs is 3. The summed E-state index contributed by atoms with van der Waals surface area (Å²) in [6.07, 6.45) is 0. The molecule has 1 heterocycles. The molecule has 29 heavy (non-hydrogen) atoms. The molecule has 0 fully saturated rings. The average molecular weight is 383 g/mol. The van der Waals surface area contributed by atoms with Gasteiger partial charge in [0.2, 0.25) is 0 Å². The molecule has 0 atom stereocenters. The molecule has 0 aliphatic carbocycles. The fourth-order valence-corrected chi connectivity index (χ4v) is 3.87. The molecule has 0 saturated heterocycles. The van der Waals surface area contributed by atoms with E-state index in [2.05, 4.69) is 57.3 Å². The summed E-state index contributed by atoms with van der Waals surface area (Å²) in [5.74, 6) is 0.732. The predicted molar refractivity (Wildman–Crippen MR) is 121 cm³/mol. The van der Waals surface area contributed by atoms with Crippen LogP contribution in [0.4, 0.5) is 17.1 Å². The molecule has 146 valence electrons. The van der Waals surface area contributed by atoms with Gasteiger partial charge in [-0.3, -0.25) is 0 Å². The molecular weight excluding hydrogens is 358 g/mol. The van der Waals surface area contributed by atoms with Gasteiger partial charge in [0.1, 0.15) is 11.3 Å². The van der Waals surface area contributed by atoms with Crippen molar-refractivity contribution in [3.05, 3.63) is 65.2 Å². The lowest BCUT2D eigenvalue weighted by atomic mass is 9.92. The minimum atomic E-state index is 0.366. The van der Waals surface area contributed by atoms with Crippen LogP contribution in [0.25, 0.3) is 21.9 Å². The first kappa shape index (κ1) is 18.9. The molecule has 0 radical (unpaired) electrons. The molecule has 0 saturated carbocycles. The predicted octanol–water partition coefficient (Wildman–Crippen LogP) is 7.03. The van der Waals surface area contributed by atoms with Crippen molar-refractivity contribution in [1.82, 2.24) is 0 Å². The molecular formula is C25H25N3O. The summed E-state index contributed by atoms with van der Waals surface area (Å²) in [6, 6.07) is 18.0. The lowest BCUT2D eigenvalue weighted by Gasteiger charge is -2.21. The number of benzene rings is 3. The Labute approximate surface area is 170 Å². The monoisotopic (exact) mass is 383 g/mol. The Kier molecular flexibility index (Phi) is 4.68. The van der Waals surface area contributed by atoms with Gasteiger partial charge in [-0.1, -0.05) is 45.9 Å². The molecule has 0 amide bonds. The van der Waals surface area contributed by atoms with Crippen molar-refractivity contribution in [3.8, 4) is 6.07 Å². The highest BCUT2D eigenvalue weighted by atomic mass is 16.3. The summed E-state index contributed by atoms with van der Waals surface area (Å²) < 4.78 is 6.19. The summed E-state index contributed by atoms with van der Waals surface area (Å²) in [5, 5.41) is 14.8. The highest BCUT2D eigenvalue weighted by Crippen LogP contribution is 2.41. The fraction of sp³-hybridized carbons (Fsp3) is 0.240. The number of rotatable bonds is 4. The van der Waals surface area contributed by atoms with Gasteiger partial charge in [0, 0.05) is 16.5 Å². The van der Waals surface area contributed by atoms with Crippen molar-refractivity contribution in [2.45, 2.75) is 39.5 Å². The van der Waals surface area contributed by atoms with Gasteiger partial charge >= 0.3 is 0 Å². The summed E-state index contributed by atoms with van der Waals surface area (Å²) in [4.78, 5) is 0. The van der Waals surface area contributed by atoms with Gasteiger partial charge in [-0.05, 0) is 53.3 Å². The first-order chi connectivity index (χ1) is 13.9. The summed E-state index contributed by atoms with van der Waals surface area (Å²) >= 11 is 0. The Balaban J connectivity index is 1.96. The maximum absolute atomic E-state index is 9.21. The normalized spacial score (nSPS) is 11.5. The van der Waals surface area contributed by atoms with Crippen LogP contribution in [0.3, 0.4) is 0 Å². The van der Waals surface area contributed by atoms with Crippen LogP contribution in [0.2, 0.25) is 0 Å². The van der Waals surface area contributed by atoms with Crippen LogP contribution in [0.1, 0.15) is 56.2 Å². The molecule has 0 aliphatic heterocycles. The molecule has 3 N–H and O–H groups in total. The quantitative estimate of drug-likeness (QED) is 0.371. The van der Waals surface area contributed by atoms with Gasteiger partial charge in [0.05, 0.1) is 17.3 Å². The second-order valence-corrected chi connectivity index (χ2v) is 8.08. The van der Waals surface area contributed by atoms with E-state index in [1.165, 1.54) is 11.1 Å². The van der Waals surface area contributed by atoms with Gasteiger partial charge < -0.3 is 15.5 Å². The second kappa shape index (κ2) is 7.18. The van der Waals surface area contributed by atoms with E-state index >= 15 is 0 Å². The van der Waals surface area contributed by atoms with Crippen LogP contribution < -0.4 is 11.1 Å². The van der Waals surface area contributed by atoms with Crippen molar-refractivity contribution >= 4 is 39.0 Å². The summed E-state index contributed by atoms with van der Waals surface area (Å²) in [6.45, 7) is 8.77. The van der Waals surface area contributed by atoms with Crippen molar-refractivity contribution in [3.63, 3.8) is 0 Å². The van der Waals surface area contributed by atoms with Gasteiger partial charge in [-0.25, -0.2) is 0 Å². The van der Waals surface area contributed by atoms with Crippen molar-refractivity contribution in [1.29, 1.82) is 5.26 Å². The molecule has 1 aromatic heterocycles. The zero-order valence-electron chi connectivity index (χ0n) is 17.2. The standard InChI is InChI=1S/C25H25N3O/c1-14(2)17-6-5-7-18(15(3)4)23(17)28-24-21(27)11-10-20-19-9-8-16(13-26)12-22(19)29-25(20)24/h5-12,14-15,28H,27H2,1-4H3. The lowest BCUT2D eigenvalue weighted by Crippen LogP contribution is -2.05. The van der Waals surface area contributed by atoms with E-state index in [1.54, 1.807) is 6.07 Å². The first-order valence-corrected chi connectivity index (χ1v) is 9.95. The van der Waals surface area contributed by atoms with Crippen molar-refractivity contribution < 1.29 is 4.42 Å². The Hall–Kier alpha value is -3.45. The SMILES string of the molecule is CC(C)c1cccc(C(C)C)c1Nc1c(N)ccc2c1oc1cc(C#N)ccc12. The molecule has 3 aromatic carbocycles. The summed E-state index contributed by atoms with van der Waals surface area (Å²) in [5.41, 5.74) is 13.4. The van der Waals surface area contributed by atoms with Crippen LogP contribution >= 0.6 is 0 Å². The highest BCUT2D eigenvalue weighted by Gasteiger charge is 2.19. The zero-order chi connectivity index (χ0) is 20.7. The minimum absolute atomic E-state index is 0.366. The first-order valence-electron chi connectivity index (χ1n) is 9.95. The van der Waals surface area contributed by atoms with E-state index in [1.807, 2.05) is 24.3 Å². The molecule has 0 unspecified atom stereocenters. The number of nitrogens with zero attached hydrogens (tertiary/aromatic N) is 1. The van der Waals surface area contributed by atoms with E-state index in [4.69, 9.17) is 10.2 Å². The van der Waals surface area contributed by atoms with Crippen LogP contribution in [-0.4, -0.2) is 0 Å². The topological polar surface area (TPSA) is 75.0 Å². The number of nitrogens with two attached hydrogens (primary N) is 1. The van der Waals surface area contributed by atoms with E-state index in [-0.39, 0.29) is 0 Å². The Bertz CT molecular complexity index is 1230. The number of hydrogen-bond acceptors (Lipinski definition) is 4. The van der Waals surface area contributed by atoms with Crippen LogP contribution in [-0.2, 0) is 0 Å². The average Bonchev–Trinajstić information content (AvgIpc) is 3.07. The zero-order valence-corrected chi connectivity index (χ0v) is 17.2. The van der Waals surface area contributed by atoms with Gasteiger partial charge in [0.25, 0.3) is 0 Å². The Morgan fingerprint density at radius 2 is 1.55 bits per heavy atom. The number of furan rings is 1. The van der Waals surface area contributed by atoms with E-state index in [0.29, 0.717) is 34.3 Å². The molecule has 0 aliphatic rings. The van der Waals surface area contributed by atoms with Gasteiger partial charge in [-0.2, -0.15) is 5.26 Å². The molecule has 4 aromatic rings. The van der Waals surface area contributed by atoms with Gasteiger partial charge in [0.15, 0.2) is 5.58 Å². The van der Waals surface area contributed by atoms with Gasteiger partial charge in [-0.15, -0.1) is 0 Å². The van der Waals surface area contributed by atoms with Crippen molar-refractivity contribution in [2.24, 2.45) is 0 Å². The van der Waals surface area contributed by atoms with Crippen LogP contribution in [0.15, 0.2) is 52.9 Å². The van der Waals surface area contributed by atoms with Crippen LogP contribution in [0.5, 0.6) is 0 Å². The lowest BCUT2D eigenvalue weighted by molar-refractivity contribution is 0.670. The van der Waals surface area contributed by atoms with E-state index < -0.39 is 0 Å². The Morgan fingerprint density at radius 1 is 0.897 bits per heavy atom. The molecule has 0 spiro atoms. The summed E-state index contributed by atoms with van der Waals surface area (Å²) in [7, 11) is 0. The van der Waals surface area contributed by atoms with Crippen molar-refractivity contribution in [2.75, 3.05) is 11.1 Å². The smallest absolute Gasteiger partial charge is 0.160 e. The second-order valence-electron chi connectivity index (χ2n) is 8.08. The molecule has 0 bridgehead atoms. The number of para-hydroxylation sites is 1. The maximum atomic E-state index is 9.21. The van der Waals surface area contributed by atoms with E-state index in [9.17, 15) is 5.26 Å². The molecule has 4 nitrogen and oxygen atoms in total. The third-order valence-corrected chi connectivity index (χ3v) is 5.43. The number of anilines is 3. The molecule has 4 heteroatoms.